The van der Waals surface area contributed by atoms with E-state index in [0.717, 1.165) is 25.0 Å². The molecule has 1 amide bonds. The summed E-state index contributed by atoms with van der Waals surface area (Å²) in [6.45, 7) is 0.438. The molecule has 2 aromatic rings. The molecular formula is C21H21F3N2O3S. The second kappa shape index (κ2) is 7.70. The average Bonchev–Trinajstić information content (AvgIpc) is 3.61. The molecule has 160 valence electrons. The maximum Gasteiger partial charge on any atom is 0.416 e. The number of sulfonamides is 1. The van der Waals surface area contributed by atoms with E-state index in [1.54, 1.807) is 0 Å². The molecule has 0 spiro atoms. The van der Waals surface area contributed by atoms with Crippen LogP contribution in [0.1, 0.15) is 36.3 Å². The molecule has 2 fully saturated rings. The molecule has 2 aliphatic carbocycles. The van der Waals surface area contributed by atoms with Gasteiger partial charge >= 0.3 is 6.18 Å². The number of carbonyl (C=O) groups excluding carboxylic acids is 1. The minimum absolute atomic E-state index is 0.112. The van der Waals surface area contributed by atoms with Crippen molar-refractivity contribution in [2.75, 3.05) is 11.9 Å². The summed E-state index contributed by atoms with van der Waals surface area (Å²) < 4.78 is 65.0. The summed E-state index contributed by atoms with van der Waals surface area (Å²) in [5, 5.41) is 2.74. The van der Waals surface area contributed by atoms with Crippen molar-refractivity contribution in [3.05, 3.63) is 59.7 Å². The van der Waals surface area contributed by atoms with Crippen LogP contribution in [0.25, 0.3) is 0 Å². The number of anilines is 1. The molecule has 0 heterocycles. The van der Waals surface area contributed by atoms with E-state index in [1.165, 1.54) is 36.4 Å². The maximum atomic E-state index is 12.7. The Morgan fingerprint density at radius 1 is 1.00 bits per heavy atom. The molecule has 2 saturated carbocycles. The zero-order valence-corrected chi connectivity index (χ0v) is 16.8. The molecule has 9 heteroatoms. The van der Waals surface area contributed by atoms with Crippen LogP contribution in [-0.2, 0) is 21.0 Å². The number of rotatable bonds is 7. The third kappa shape index (κ3) is 4.84. The van der Waals surface area contributed by atoms with Crippen molar-refractivity contribution in [1.82, 2.24) is 4.72 Å². The normalized spacial score (nSPS) is 21.3. The lowest BCUT2D eigenvalue weighted by Gasteiger charge is -2.09. The van der Waals surface area contributed by atoms with Gasteiger partial charge in [-0.2, -0.15) is 13.2 Å². The van der Waals surface area contributed by atoms with Gasteiger partial charge in [0.05, 0.1) is 10.5 Å². The number of carbonyl (C=O) groups is 1. The van der Waals surface area contributed by atoms with E-state index in [2.05, 4.69) is 10.0 Å². The molecule has 2 unspecified atom stereocenters. The monoisotopic (exact) mass is 438 g/mol. The predicted octanol–water partition coefficient (Wildman–Crippen LogP) is 4.14. The fraction of sp³-hybridized carbons (Fsp3) is 0.381. The van der Waals surface area contributed by atoms with Crippen LogP contribution in [0.15, 0.2) is 53.4 Å². The highest BCUT2D eigenvalue weighted by Crippen LogP contribution is 2.48. The van der Waals surface area contributed by atoms with Gasteiger partial charge in [0.15, 0.2) is 0 Å². The van der Waals surface area contributed by atoms with Crippen molar-refractivity contribution in [2.24, 2.45) is 11.8 Å². The second-order valence-corrected chi connectivity index (χ2v) is 9.64. The van der Waals surface area contributed by atoms with Crippen molar-refractivity contribution in [3.8, 4) is 0 Å². The summed E-state index contributed by atoms with van der Waals surface area (Å²) in [7, 11) is -3.57. The topological polar surface area (TPSA) is 75.3 Å². The van der Waals surface area contributed by atoms with Gasteiger partial charge in [0.1, 0.15) is 0 Å². The Morgan fingerprint density at radius 3 is 2.20 bits per heavy atom. The van der Waals surface area contributed by atoms with Crippen LogP contribution in [0, 0.1) is 11.8 Å². The number of nitrogens with one attached hydrogen (secondary N) is 2. The van der Waals surface area contributed by atoms with Crippen LogP contribution in [-0.4, -0.2) is 20.9 Å². The summed E-state index contributed by atoms with van der Waals surface area (Å²) in [4.78, 5) is 12.6. The number of benzene rings is 2. The van der Waals surface area contributed by atoms with E-state index in [4.69, 9.17) is 0 Å². The van der Waals surface area contributed by atoms with Gasteiger partial charge in [0, 0.05) is 18.2 Å². The molecule has 0 bridgehead atoms. The second-order valence-electron chi connectivity index (χ2n) is 7.88. The fourth-order valence-electron chi connectivity index (χ4n) is 3.36. The lowest BCUT2D eigenvalue weighted by atomic mass is 10.1. The SMILES string of the molecule is O=C(Nc1ccc(S(=O)(=O)NCC2CC2)cc1)C1CC1c1ccc(C(F)(F)F)cc1. The smallest absolute Gasteiger partial charge is 0.326 e. The first-order valence-corrected chi connectivity index (χ1v) is 11.2. The number of alkyl halides is 3. The van der Waals surface area contributed by atoms with E-state index >= 15 is 0 Å². The van der Waals surface area contributed by atoms with Gasteiger partial charge in [-0.3, -0.25) is 4.79 Å². The highest BCUT2D eigenvalue weighted by molar-refractivity contribution is 7.89. The Morgan fingerprint density at radius 2 is 1.63 bits per heavy atom. The molecule has 5 nitrogen and oxygen atoms in total. The molecule has 2 atom stereocenters. The first kappa shape index (κ1) is 20.9. The molecule has 0 radical (unpaired) electrons. The van der Waals surface area contributed by atoms with E-state index in [9.17, 15) is 26.4 Å². The largest absolute Gasteiger partial charge is 0.416 e. The van der Waals surface area contributed by atoms with Gasteiger partial charge in [-0.05, 0) is 73.1 Å². The van der Waals surface area contributed by atoms with Crippen molar-refractivity contribution in [1.29, 1.82) is 0 Å². The standard InChI is InChI=1S/C21H21F3N2O3S/c22-21(23,24)15-5-3-14(4-6-15)18-11-19(18)20(27)26-16-7-9-17(10-8-16)30(28,29)25-12-13-1-2-13/h3-10,13,18-19,25H,1-2,11-12H2,(H,26,27). The third-order valence-electron chi connectivity index (χ3n) is 5.48. The summed E-state index contributed by atoms with van der Waals surface area (Å²) >= 11 is 0. The van der Waals surface area contributed by atoms with Gasteiger partial charge in [-0.25, -0.2) is 13.1 Å². The van der Waals surface area contributed by atoms with Crippen LogP contribution in [0.5, 0.6) is 0 Å². The predicted molar refractivity (Wildman–Crippen MR) is 105 cm³/mol. The summed E-state index contributed by atoms with van der Waals surface area (Å²) in [5.41, 5.74) is 0.458. The first-order chi connectivity index (χ1) is 14.1. The maximum absolute atomic E-state index is 12.7. The number of amides is 1. The minimum Gasteiger partial charge on any atom is -0.326 e. The average molecular weight is 438 g/mol. The highest BCUT2D eigenvalue weighted by Gasteiger charge is 2.44. The summed E-state index contributed by atoms with van der Waals surface area (Å²) in [5.74, 6) is -0.235. The van der Waals surface area contributed by atoms with Crippen LogP contribution in [0.3, 0.4) is 0 Å². The Hall–Kier alpha value is -2.39. The molecule has 30 heavy (non-hydrogen) atoms. The molecule has 4 rings (SSSR count). The van der Waals surface area contributed by atoms with E-state index in [-0.39, 0.29) is 22.6 Å². The van der Waals surface area contributed by atoms with E-state index in [1.807, 2.05) is 0 Å². The van der Waals surface area contributed by atoms with Gasteiger partial charge in [0.2, 0.25) is 15.9 Å². The van der Waals surface area contributed by atoms with Gasteiger partial charge in [-0.15, -0.1) is 0 Å². The lowest BCUT2D eigenvalue weighted by Crippen LogP contribution is -2.25. The Balaban J connectivity index is 1.33. The quantitative estimate of drug-likeness (QED) is 0.683. The van der Waals surface area contributed by atoms with Crippen LogP contribution in [0.4, 0.5) is 18.9 Å². The Labute approximate surface area is 172 Å². The number of hydrogen-bond donors (Lipinski definition) is 2. The zero-order valence-electron chi connectivity index (χ0n) is 15.9. The Bertz CT molecular complexity index is 1030. The number of hydrogen-bond acceptors (Lipinski definition) is 3. The minimum atomic E-state index is -4.38. The summed E-state index contributed by atoms with van der Waals surface area (Å²) in [6, 6.07) is 10.8. The molecule has 0 saturated heterocycles. The highest BCUT2D eigenvalue weighted by atomic mass is 32.2. The molecule has 0 aliphatic heterocycles. The lowest BCUT2D eigenvalue weighted by molar-refractivity contribution is -0.137. The summed E-state index contributed by atoms with van der Waals surface area (Å²) in [6.07, 6.45) is -1.73. The fourth-order valence-corrected chi connectivity index (χ4v) is 4.47. The molecule has 0 aromatic heterocycles. The molecular weight excluding hydrogens is 417 g/mol. The van der Waals surface area contributed by atoms with Crippen LogP contribution in [0.2, 0.25) is 0 Å². The van der Waals surface area contributed by atoms with Crippen molar-refractivity contribution >= 4 is 21.6 Å². The number of halogens is 3. The van der Waals surface area contributed by atoms with E-state index < -0.39 is 21.8 Å². The van der Waals surface area contributed by atoms with Crippen molar-refractivity contribution < 1.29 is 26.4 Å². The van der Waals surface area contributed by atoms with Crippen molar-refractivity contribution in [2.45, 2.75) is 36.3 Å². The van der Waals surface area contributed by atoms with Crippen LogP contribution < -0.4 is 10.0 Å². The van der Waals surface area contributed by atoms with Crippen LogP contribution >= 0.6 is 0 Å². The molecule has 2 aromatic carbocycles. The van der Waals surface area contributed by atoms with E-state index in [0.29, 0.717) is 30.1 Å². The molecule has 2 aliphatic rings. The first-order valence-electron chi connectivity index (χ1n) is 9.71. The van der Waals surface area contributed by atoms with Crippen molar-refractivity contribution in [3.63, 3.8) is 0 Å². The zero-order chi connectivity index (χ0) is 21.5. The van der Waals surface area contributed by atoms with Gasteiger partial charge < -0.3 is 5.32 Å². The Kier molecular flexibility index (Phi) is 5.36. The van der Waals surface area contributed by atoms with Gasteiger partial charge in [0.25, 0.3) is 0 Å². The molecule has 2 N–H and O–H groups in total. The third-order valence-corrected chi connectivity index (χ3v) is 6.92. The van der Waals surface area contributed by atoms with Gasteiger partial charge in [-0.1, -0.05) is 12.1 Å².